The molecule has 0 atom stereocenters. The summed E-state index contributed by atoms with van der Waals surface area (Å²) in [6.07, 6.45) is -0.425. The zero-order chi connectivity index (χ0) is 13.7. The molecule has 0 unspecified atom stereocenters. The Kier molecular flexibility index (Phi) is 4.71. The fraction of sp³-hybridized carbons (Fsp3) is 0.385. The maximum Gasteiger partial charge on any atom is 0.410 e. The number of hydrogen-bond donors (Lipinski definition) is 1. The van der Waals surface area contributed by atoms with Crippen molar-refractivity contribution in [2.75, 3.05) is 7.11 Å². The quantitative estimate of drug-likeness (QED) is 0.892. The van der Waals surface area contributed by atoms with E-state index in [1.807, 2.05) is 13.8 Å². The molecular weight excluding hydrogens is 234 g/mol. The highest BCUT2D eigenvalue weighted by Crippen LogP contribution is 2.12. The Bertz CT molecular complexity index is 442. The summed E-state index contributed by atoms with van der Waals surface area (Å²) in [4.78, 5) is 24.0. The molecule has 5 heteroatoms. The third-order valence-corrected chi connectivity index (χ3v) is 2.56. The van der Waals surface area contributed by atoms with Gasteiger partial charge in [-0.15, -0.1) is 0 Å². The van der Waals surface area contributed by atoms with Crippen LogP contribution in [0.2, 0.25) is 0 Å². The molecule has 18 heavy (non-hydrogen) atoms. The van der Waals surface area contributed by atoms with Gasteiger partial charge in [0.2, 0.25) is 0 Å². The molecule has 1 aromatic carbocycles. The standard InChI is InChI=1S/C13H17NO4/c1-9(2)14(13(17)18-3)8-10-5-4-6-11(7-10)12(15)16/h4-7,9H,8H2,1-3H3,(H,15,16). The van der Waals surface area contributed by atoms with Crippen LogP contribution in [0.1, 0.15) is 29.8 Å². The molecule has 0 heterocycles. The van der Waals surface area contributed by atoms with Crippen molar-refractivity contribution in [3.8, 4) is 0 Å². The van der Waals surface area contributed by atoms with Gasteiger partial charge >= 0.3 is 12.1 Å². The summed E-state index contributed by atoms with van der Waals surface area (Å²) in [5.41, 5.74) is 0.968. The molecule has 1 amide bonds. The third-order valence-electron chi connectivity index (χ3n) is 2.56. The predicted octanol–water partition coefficient (Wildman–Crippen LogP) is 2.36. The van der Waals surface area contributed by atoms with Gasteiger partial charge in [-0.3, -0.25) is 0 Å². The minimum absolute atomic E-state index is 0.0223. The van der Waals surface area contributed by atoms with E-state index < -0.39 is 12.1 Å². The average Bonchev–Trinajstić information content (AvgIpc) is 2.35. The Balaban J connectivity index is 2.90. The van der Waals surface area contributed by atoms with Gasteiger partial charge in [0.25, 0.3) is 0 Å². The summed E-state index contributed by atoms with van der Waals surface area (Å²) in [6, 6.07) is 6.50. The Morgan fingerprint density at radius 2 is 2.06 bits per heavy atom. The first-order valence-electron chi connectivity index (χ1n) is 5.62. The lowest BCUT2D eigenvalue weighted by molar-refractivity contribution is 0.0696. The van der Waals surface area contributed by atoms with Crippen LogP contribution in [0, 0.1) is 0 Å². The maximum absolute atomic E-state index is 11.6. The second-order valence-corrected chi connectivity index (χ2v) is 4.20. The molecule has 0 aliphatic heterocycles. The van der Waals surface area contributed by atoms with Gasteiger partial charge in [0, 0.05) is 12.6 Å². The number of carbonyl (C=O) groups is 2. The number of aromatic carboxylic acids is 1. The highest BCUT2D eigenvalue weighted by Gasteiger charge is 2.18. The van der Waals surface area contributed by atoms with Gasteiger partial charge in [0.15, 0.2) is 0 Å². The lowest BCUT2D eigenvalue weighted by Crippen LogP contribution is -2.36. The number of nitrogens with zero attached hydrogens (tertiary/aromatic N) is 1. The van der Waals surface area contributed by atoms with Crippen LogP contribution in [0.5, 0.6) is 0 Å². The van der Waals surface area contributed by atoms with Crippen LogP contribution in [0.3, 0.4) is 0 Å². The summed E-state index contributed by atoms with van der Waals surface area (Å²) < 4.78 is 4.69. The Hall–Kier alpha value is -2.04. The molecule has 0 aromatic heterocycles. The number of carboxylic acid groups (broad SMARTS) is 1. The fourth-order valence-electron chi connectivity index (χ4n) is 1.57. The normalized spacial score (nSPS) is 10.2. The van der Waals surface area contributed by atoms with Crippen molar-refractivity contribution in [2.24, 2.45) is 0 Å². The number of amides is 1. The molecule has 1 N–H and O–H groups in total. The second kappa shape index (κ2) is 6.05. The molecule has 1 rings (SSSR count). The Morgan fingerprint density at radius 1 is 1.39 bits per heavy atom. The highest BCUT2D eigenvalue weighted by atomic mass is 16.5. The number of carboxylic acids is 1. The first-order valence-corrected chi connectivity index (χ1v) is 5.62. The number of ether oxygens (including phenoxy) is 1. The Labute approximate surface area is 106 Å². The SMILES string of the molecule is COC(=O)N(Cc1cccc(C(=O)O)c1)C(C)C. The van der Waals surface area contributed by atoms with Crippen molar-refractivity contribution in [3.63, 3.8) is 0 Å². The molecule has 1 aromatic rings. The Morgan fingerprint density at radius 3 is 2.56 bits per heavy atom. The molecule has 0 saturated heterocycles. The molecule has 0 radical (unpaired) electrons. The van der Waals surface area contributed by atoms with Gasteiger partial charge in [-0.1, -0.05) is 12.1 Å². The van der Waals surface area contributed by atoms with Crippen LogP contribution < -0.4 is 0 Å². The van der Waals surface area contributed by atoms with Crippen LogP contribution in [0.15, 0.2) is 24.3 Å². The molecule has 0 fully saturated rings. The molecule has 0 aliphatic carbocycles. The molecule has 0 saturated carbocycles. The zero-order valence-corrected chi connectivity index (χ0v) is 10.7. The summed E-state index contributed by atoms with van der Waals surface area (Å²) in [5.74, 6) is -0.981. The second-order valence-electron chi connectivity index (χ2n) is 4.20. The summed E-state index contributed by atoms with van der Waals surface area (Å²) in [6.45, 7) is 4.07. The number of rotatable bonds is 4. The van der Waals surface area contributed by atoms with E-state index in [-0.39, 0.29) is 11.6 Å². The van der Waals surface area contributed by atoms with Crippen LogP contribution in [-0.2, 0) is 11.3 Å². The van der Waals surface area contributed by atoms with Crippen LogP contribution >= 0.6 is 0 Å². The smallest absolute Gasteiger partial charge is 0.410 e. The monoisotopic (exact) mass is 251 g/mol. The van der Waals surface area contributed by atoms with E-state index in [1.54, 1.807) is 18.2 Å². The zero-order valence-electron chi connectivity index (χ0n) is 10.7. The first kappa shape index (κ1) is 14.0. The predicted molar refractivity (Wildman–Crippen MR) is 66.5 cm³/mol. The summed E-state index contributed by atoms with van der Waals surface area (Å²) >= 11 is 0. The van der Waals surface area contributed by atoms with E-state index in [2.05, 4.69) is 0 Å². The van der Waals surface area contributed by atoms with Gasteiger partial charge in [0.05, 0.1) is 12.7 Å². The van der Waals surface area contributed by atoms with E-state index >= 15 is 0 Å². The van der Waals surface area contributed by atoms with E-state index in [1.165, 1.54) is 18.1 Å². The van der Waals surface area contributed by atoms with Gasteiger partial charge in [-0.2, -0.15) is 0 Å². The lowest BCUT2D eigenvalue weighted by Gasteiger charge is -2.25. The van der Waals surface area contributed by atoms with E-state index in [0.29, 0.717) is 6.54 Å². The third kappa shape index (κ3) is 3.48. The van der Waals surface area contributed by atoms with Crippen LogP contribution in [0.25, 0.3) is 0 Å². The van der Waals surface area contributed by atoms with Crippen LogP contribution in [-0.4, -0.2) is 35.2 Å². The van der Waals surface area contributed by atoms with E-state index in [0.717, 1.165) is 5.56 Å². The summed E-state index contributed by atoms with van der Waals surface area (Å²) in [5, 5.41) is 8.90. The van der Waals surface area contributed by atoms with Gasteiger partial charge in [-0.05, 0) is 31.5 Å². The molecule has 98 valence electrons. The minimum Gasteiger partial charge on any atom is -0.478 e. The number of hydrogen-bond acceptors (Lipinski definition) is 3. The highest BCUT2D eigenvalue weighted by molar-refractivity contribution is 5.87. The minimum atomic E-state index is -0.981. The fourth-order valence-corrected chi connectivity index (χ4v) is 1.57. The molecular formula is C13H17NO4. The van der Waals surface area contributed by atoms with Gasteiger partial charge < -0.3 is 14.7 Å². The van der Waals surface area contributed by atoms with Gasteiger partial charge in [-0.25, -0.2) is 9.59 Å². The average molecular weight is 251 g/mol. The number of carbonyl (C=O) groups excluding carboxylic acids is 1. The van der Waals surface area contributed by atoms with Crippen molar-refractivity contribution in [1.82, 2.24) is 4.90 Å². The lowest BCUT2D eigenvalue weighted by atomic mass is 10.1. The van der Waals surface area contributed by atoms with Crippen molar-refractivity contribution < 1.29 is 19.4 Å². The number of benzene rings is 1. The molecule has 0 aliphatic rings. The van der Waals surface area contributed by atoms with Gasteiger partial charge in [0.1, 0.15) is 0 Å². The number of methoxy groups -OCH3 is 1. The van der Waals surface area contributed by atoms with Crippen molar-refractivity contribution in [3.05, 3.63) is 35.4 Å². The summed E-state index contributed by atoms with van der Waals surface area (Å²) in [7, 11) is 1.32. The van der Waals surface area contributed by atoms with Crippen molar-refractivity contribution >= 4 is 12.1 Å². The molecule has 0 spiro atoms. The largest absolute Gasteiger partial charge is 0.478 e. The first-order chi connectivity index (χ1) is 8.45. The van der Waals surface area contributed by atoms with E-state index in [9.17, 15) is 9.59 Å². The van der Waals surface area contributed by atoms with Crippen molar-refractivity contribution in [2.45, 2.75) is 26.4 Å². The topological polar surface area (TPSA) is 66.8 Å². The van der Waals surface area contributed by atoms with Crippen LogP contribution in [0.4, 0.5) is 4.79 Å². The molecule has 5 nitrogen and oxygen atoms in total. The van der Waals surface area contributed by atoms with E-state index in [4.69, 9.17) is 9.84 Å². The molecule has 0 bridgehead atoms. The van der Waals surface area contributed by atoms with Crippen molar-refractivity contribution in [1.29, 1.82) is 0 Å². The maximum atomic E-state index is 11.6.